The highest BCUT2D eigenvalue weighted by molar-refractivity contribution is 9.12. The van der Waals surface area contributed by atoms with Crippen molar-refractivity contribution in [1.29, 1.82) is 0 Å². The number of carbonyl (C=O) groups is 1. The van der Waals surface area contributed by atoms with Crippen molar-refractivity contribution in [2.24, 2.45) is 5.10 Å². The molecule has 0 radical (unpaired) electrons. The lowest BCUT2D eigenvalue weighted by atomic mass is 10.2. The summed E-state index contributed by atoms with van der Waals surface area (Å²) in [6.45, 7) is 0. The van der Waals surface area contributed by atoms with Crippen LogP contribution in [0.4, 0.5) is 0 Å². The number of thiophene rings is 1. The van der Waals surface area contributed by atoms with Crippen LogP contribution in [0.5, 0.6) is 0 Å². The number of halogens is 1. The van der Waals surface area contributed by atoms with Crippen LogP contribution >= 0.6 is 27.3 Å². The second-order valence-corrected chi connectivity index (χ2v) is 5.94. The number of nitrogens with zero attached hydrogens (tertiary/aromatic N) is 1. The number of hydrogen-bond donors (Lipinski definition) is 1. The van der Waals surface area contributed by atoms with Gasteiger partial charge in [-0.05, 0) is 39.0 Å². The van der Waals surface area contributed by atoms with Crippen LogP contribution in [-0.4, -0.2) is 12.1 Å². The lowest BCUT2D eigenvalue weighted by Gasteiger charge is -1.97. The molecule has 1 aromatic carbocycles. The number of hydrogen-bond acceptors (Lipinski definition) is 3. The van der Waals surface area contributed by atoms with E-state index in [0.717, 1.165) is 14.9 Å². The lowest BCUT2D eigenvalue weighted by molar-refractivity contribution is -0.120. The maximum absolute atomic E-state index is 11.6. The Morgan fingerprint density at radius 1 is 1.25 bits per heavy atom. The fourth-order valence-corrected chi connectivity index (χ4v) is 2.59. The van der Waals surface area contributed by atoms with Crippen molar-refractivity contribution in [3.05, 3.63) is 62.8 Å². The van der Waals surface area contributed by atoms with Gasteiger partial charge in [-0.15, -0.1) is 11.3 Å². The number of benzene rings is 1. The maximum Gasteiger partial charge on any atom is 0.245 e. The average Bonchev–Trinajstić information content (AvgIpc) is 2.92. The molecule has 0 atom stereocenters. The minimum atomic E-state index is -0.122. The topological polar surface area (TPSA) is 41.5 Å². The van der Waals surface area contributed by atoms with Crippen molar-refractivity contribution in [2.75, 3.05) is 0 Å². The van der Waals surface area contributed by atoms with Crippen molar-refractivity contribution < 1.29 is 4.79 Å². The third kappa shape index (κ3) is 5.11. The molecule has 0 saturated carbocycles. The summed E-state index contributed by atoms with van der Waals surface area (Å²) in [5.41, 5.74) is 3.57. The minimum Gasteiger partial charge on any atom is -0.273 e. The molecule has 1 aromatic heterocycles. The molecule has 0 fully saturated rings. The Hall–Kier alpha value is -1.72. The van der Waals surface area contributed by atoms with Crippen LogP contribution in [0.3, 0.4) is 0 Å². The van der Waals surface area contributed by atoms with E-state index in [0.29, 0.717) is 6.42 Å². The van der Waals surface area contributed by atoms with Crippen LogP contribution in [-0.2, 0) is 11.2 Å². The molecular formula is C15H13BrN2OS. The molecule has 0 aliphatic heterocycles. The first-order valence-corrected chi connectivity index (χ1v) is 7.68. The molecule has 1 heterocycles. The van der Waals surface area contributed by atoms with Crippen molar-refractivity contribution in [2.45, 2.75) is 6.42 Å². The Labute approximate surface area is 130 Å². The van der Waals surface area contributed by atoms with E-state index in [1.165, 1.54) is 0 Å². The molecule has 5 heteroatoms. The summed E-state index contributed by atoms with van der Waals surface area (Å²) in [5.74, 6) is -0.122. The smallest absolute Gasteiger partial charge is 0.245 e. The van der Waals surface area contributed by atoms with E-state index in [-0.39, 0.29) is 5.91 Å². The first-order valence-electron chi connectivity index (χ1n) is 6.00. The second kappa shape index (κ2) is 7.77. The zero-order chi connectivity index (χ0) is 14.2. The van der Waals surface area contributed by atoms with Crippen LogP contribution in [0, 0.1) is 0 Å². The summed E-state index contributed by atoms with van der Waals surface area (Å²) in [6.07, 6.45) is 3.85. The predicted molar refractivity (Wildman–Crippen MR) is 88.0 cm³/mol. The van der Waals surface area contributed by atoms with Gasteiger partial charge < -0.3 is 0 Å². The Bertz CT molecular complexity index is 606. The molecule has 0 unspecified atom stereocenters. The van der Waals surface area contributed by atoms with Crippen LogP contribution in [0.15, 0.2) is 57.4 Å². The Kier molecular flexibility index (Phi) is 5.70. The van der Waals surface area contributed by atoms with E-state index in [1.807, 2.05) is 53.9 Å². The highest BCUT2D eigenvalue weighted by Gasteiger charge is 2.01. The van der Waals surface area contributed by atoms with Crippen LogP contribution in [0.2, 0.25) is 0 Å². The second-order valence-electron chi connectivity index (χ2n) is 3.99. The van der Waals surface area contributed by atoms with E-state index in [2.05, 4.69) is 26.5 Å². The van der Waals surface area contributed by atoms with Gasteiger partial charge in [0.25, 0.3) is 0 Å². The largest absolute Gasteiger partial charge is 0.273 e. The van der Waals surface area contributed by atoms with E-state index in [1.54, 1.807) is 17.6 Å². The fraction of sp³-hybridized carbons (Fsp3) is 0.0667. The van der Waals surface area contributed by atoms with Crippen molar-refractivity contribution in [3.63, 3.8) is 0 Å². The van der Waals surface area contributed by atoms with Gasteiger partial charge in [-0.1, -0.05) is 36.4 Å². The normalized spacial score (nSPS) is 11.8. The summed E-state index contributed by atoms with van der Waals surface area (Å²) < 4.78 is 0.792. The van der Waals surface area contributed by atoms with Crippen LogP contribution in [0.25, 0.3) is 6.08 Å². The maximum atomic E-state index is 11.6. The monoisotopic (exact) mass is 348 g/mol. The van der Waals surface area contributed by atoms with E-state index in [9.17, 15) is 4.79 Å². The summed E-state index contributed by atoms with van der Waals surface area (Å²) >= 11 is 4.95. The van der Waals surface area contributed by atoms with Crippen molar-refractivity contribution >= 4 is 45.5 Å². The van der Waals surface area contributed by atoms with E-state index < -0.39 is 0 Å². The van der Waals surface area contributed by atoms with Crippen LogP contribution < -0.4 is 5.43 Å². The molecular weight excluding hydrogens is 336 g/mol. The fourth-order valence-electron chi connectivity index (χ4n) is 1.52. The molecule has 0 saturated heterocycles. The third-order valence-electron chi connectivity index (χ3n) is 2.40. The van der Waals surface area contributed by atoms with Crippen LogP contribution in [0.1, 0.15) is 10.4 Å². The number of rotatable bonds is 5. The molecule has 1 N–H and O–H groups in total. The molecule has 0 aliphatic carbocycles. The van der Waals surface area contributed by atoms with E-state index in [4.69, 9.17) is 0 Å². The summed E-state index contributed by atoms with van der Waals surface area (Å²) in [6, 6.07) is 13.7. The molecule has 102 valence electrons. The SMILES string of the molecule is O=C(Cc1cccs1)N/N=C\C(Br)=C/c1ccccc1. The van der Waals surface area contributed by atoms with E-state index >= 15 is 0 Å². The molecule has 2 rings (SSSR count). The molecule has 0 aliphatic rings. The van der Waals surface area contributed by atoms with Gasteiger partial charge in [0.2, 0.25) is 5.91 Å². The average molecular weight is 349 g/mol. The zero-order valence-corrected chi connectivity index (χ0v) is 13.0. The standard InChI is InChI=1S/C15H13BrN2OS/c16-13(9-12-5-2-1-3-6-12)11-17-18-15(19)10-14-7-4-8-20-14/h1-9,11H,10H2,(H,18,19)/b13-9+,17-11-. The molecule has 2 aromatic rings. The van der Waals surface area contributed by atoms with Gasteiger partial charge >= 0.3 is 0 Å². The number of amides is 1. The van der Waals surface area contributed by atoms with Gasteiger partial charge in [0.1, 0.15) is 0 Å². The number of carbonyl (C=O) groups excluding carboxylic acids is 1. The van der Waals surface area contributed by atoms with Crippen molar-refractivity contribution in [3.8, 4) is 0 Å². The zero-order valence-electron chi connectivity index (χ0n) is 10.6. The van der Waals surface area contributed by atoms with Gasteiger partial charge in [-0.2, -0.15) is 5.10 Å². The number of hydrazone groups is 1. The Morgan fingerprint density at radius 3 is 2.75 bits per heavy atom. The van der Waals surface area contributed by atoms with Gasteiger partial charge in [-0.25, -0.2) is 5.43 Å². The predicted octanol–water partition coefficient (Wildman–Crippen LogP) is 3.83. The summed E-state index contributed by atoms with van der Waals surface area (Å²) in [7, 11) is 0. The highest BCUT2D eigenvalue weighted by Crippen LogP contribution is 2.10. The van der Waals surface area contributed by atoms with Gasteiger partial charge in [-0.3, -0.25) is 4.79 Å². The lowest BCUT2D eigenvalue weighted by Crippen LogP contribution is -2.19. The first kappa shape index (κ1) is 14.7. The summed E-state index contributed by atoms with van der Waals surface area (Å²) in [5, 5.41) is 5.86. The minimum absolute atomic E-state index is 0.122. The van der Waals surface area contributed by atoms with Gasteiger partial charge in [0.05, 0.1) is 12.6 Å². The Morgan fingerprint density at radius 2 is 2.05 bits per heavy atom. The molecule has 1 amide bonds. The molecule has 20 heavy (non-hydrogen) atoms. The molecule has 0 spiro atoms. The Balaban J connectivity index is 1.84. The quantitative estimate of drug-likeness (QED) is 0.647. The highest BCUT2D eigenvalue weighted by atomic mass is 79.9. The van der Waals surface area contributed by atoms with Crippen molar-refractivity contribution in [1.82, 2.24) is 5.43 Å². The molecule has 3 nitrogen and oxygen atoms in total. The first-order chi connectivity index (χ1) is 9.74. The third-order valence-corrected chi connectivity index (χ3v) is 3.71. The van der Waals surface area contributed by atoms with Gasteiger partial charge in [0, 0.05) is 9.36 Å². The summed E-state index contributed by atoms with van der Waals surface area (Å²) in [4.78, 5) is 12.6. The number of allylic oxidation sites excluding steroid dienone is 1. The van der Waals surface area contributed by atoms with Gasteiger partial charge in [0.15, 0.2) is 0 Å². The number of nitrogens with one attached hydrogen (secondary N) is 1. The molecule has 0 bridgehead atoms.